The zero-order chi connectivity index (χ0) is 13.9. The van der Waals surface area contributed by atoms with Gasteiger partial charge in [0, 0.05) is 13.1 Å². The second kappa shape index (κ2) is 6.25. The minimum atomic E-state index is 0.0149. The van der Waals surface area contributed by atoms with Crippen molar-refractivity contribution in [3.05, 3.63) is 0 Å². The van der Waals surface area contributed by atoms with Gasteiger partial charge >= 0.3 is 0 Å². The molecule has 0 aromatic carbocycles. The molecule has 3 nitrogen and oxygen atoms in total. The van der Waals surface area contributed by atoms with Crippen molar-refractivity contribution in [2.24, 2.45) is 11.3 Å². The largest absolute Gasteiger partial charge is 0.341 e. The maximum Gasteiger partial charge on any atom is 0.239 e. The molecule has 110 valence electrons. The first-order chi connectivity index (χ1) is 9.02. The Morgan fingerprint density at radius 3 is 2.58 bits per heavy atom. The fourth-order valence-corrected chi connectivity index (χ4v) is 3.60. The fraction of sp³-hybridized carbons (Fsp3) is 0.938. The number of carbonyl (C=O) groups is 1. The Bertz CT molecular complexity index is 308. The third-order valence-corrected chi connectivity index (χ3v) is 4.98. The van der Waals surface area contributed by atoms with Crippen LogP contribution >= 0.6 is 0 Å². The van der Waals surface area contributed by atoms with Crippen LogP contribution in [-0.4, -0.2) is 37.0 Å². The zero-order valence-corrected chi connectivity index (χ0v) is 12.9. The number of carbonyl (C=O) groups excluding carboxylic acids is 1. The molecule has 0 bridgehead atoms. The van der Waals surface area contributed by atoms with E-state index in [1.165, 1.54) is 32.1 Å². The molecular formula is C16H30N2O. The number of hydrogen-bond acceptors (Lipinski definition) is 2. The molecule has 1 aliphatic heterocycles. The summed E-state index contributed by atoms with van der Waals surface area (Å²) < 4.78 is 0. The van der Waals surface area contributed by atoms with Gasteiger partial charge in [-0.1, -0.05) is 33.1 Å². The topological polar surface area (TPSA) is 32.3 Å². The lowest BCUT2D eigenvalue weighted by Gasteiger charge is -2.30. The van der Waals surface area contributed by atoms with Crippen LogP contribution in [0.4, 0.5) is 0 Å². The van der Waals surface area contributed by atoms with Gasteiger partial charge in [0.05, 0.1) is 6.04 Å². The number of hydrogen-bond donors (Lipinski definition) is 1. The van der Waals surface area contributed by atoms with Crippen LogP contribution in [-0.2, 0) is 4.79 Å². The molecule has 19 heavy (non-hydrogen) atoms. The summed E-state index contributed by atoms with van der Waals surface area (Å²) >= 11 is 0. The quantitative estimate of drug-likeness (QED) is 0.852. The summed E-state index contributed by atoms with van der Waals surface area (Å²) in [6.07, 6.45) is 8.82. The summed E-state index contributed by atoms with van der Waals surface area (Å²) in [6, 6.07) is 0.0149. The highest BCUT2D eigenvalue weighted by molar-refractivity contribution is 5.82. The molecular weight excluding hydrogens is 236 g/mol. The summed E-state index contributed by atoms with van der Waals surface area (Å²) in [7, 11) is 1.92. The molecule has 1 saturated heterocycles. The molecule has 1 heterocycles. The average Bonchev–Trinajstić information content (AvgIpc) is 2.51. The lowest BCUT2D eigenvalue weighted by molar-refractivity contribution is -0.133. The fourth-order valence-electron chi connectivity index (χ4n) is 3.60. The molecule has 1 amide bonds. The molecule has 1 N–H and O–H groups in total. The van der Waals surface area contributed by atoms with Crippen LogP contribution in [0.1, 0.15) is 58.8 Å². The Kier molecular flexibility index (Phi) is 4.88. The van der Waals surface area contributed by atoms with Gasteiger partial charge in [0.25, 0.3) is 0 Å². The number of nitrogens with zero attached hydrogens (tertiary/aromatic N) is 1. The standard InChI is InChI=1S/C16H30N2O/c1-16(2)9-10-18(15(19)14(11-16)17-3)12-13-7-5-4-6-8-13/h13-14,17H,4-12H2,1-3H3. The van der Waals surface area contributed by atoms with Crippen molar-refractivity contribution in [2.75, 3.05) is 20.1 Å². The smallest absolute Gasteiger partial charge is 0.239 e. The maximum absolute atomic E-state index is 12.6. The third kappa shape index (κ3) is 3.95. The van der Waals surface area contributed by atoms with Gasteiger partial charge in [-0.25, -0.2) is 0 Å². The Labute approximate surface area is 118 Å². The predicted octanol–water partition coefficient (Wildman–Crippen LogP) is 2.80. The van der Waals surface area contributed by atoms with Crippen LogP contribution < -0.4 is 5.32 Å². The van der Waals surface area contributed by atoms with Gasteiger partial charge < -0.3 is 10.2 Å². The summed E-state index contributed by atoms with van der Waals surface area (Å²) in [6.45, 7) is 6.51. The molecule has 1 unspecified atom stereocenters. The van der Waals surface area contributed by atoms with Gasteiger partial charge in [-0.15, -0.1) is 0 Å². The molecule has 3 heteroatoms. The monoisotopic (exact) mass is 266 g/mol. The van der Waals surface area contributed by atoms with Crippen molar-refractivity contribution in [1.82, 2.24) is 10.2 Å². The first-order valence-electron chi connectivity index (χ1n) is 7.98. The molecule has 2 aliphatic rings. The van der Waals surface area contributed by atoms with E-state index in [2.05, 4.69) is 24.1 Å². The van der Waals surface area contributed by atoms with Crippen molar-refractivity contribution >= 4 is 5.91 Å². The van der Waals surface area contributed by atoms with Gasteiger partial charge in [-0.2, -0.15) is 0 Å². The molecule has 1 aliphatic carbocycles. The van der Waals surface area contributed by atoms with Crippen molar-refractivity contribution in [1.29, 1.82) is 0 Å². The van der Waals surface area contributed by atoms with E-state index in [1.807, 2.05) is 7.05 Å². The first-order valence-corrected chi connectivity index (χ1v) is 7.98. The van der Waals surface area contributed by atoms with Crippen molar-refractivity contribution in [2.45, 2.75) is 64.8 Å². The number of rotatable bonds is 3. The Morgan fingerprint density at radius 2 is 1.95 bits per heavy atom. The highest BCUT2D eigenvalue weighted by Crippen LogP contribution is 2.32. The van der Waals surface area contributed by atoms with Crippen LogP contribution in [0.2, 0.25) is 0 Å². The van der Waals surface area contributed by atoms with Crippen molar-refractivity contribution < 1.29 is 4.79 Å². The van der Waals surface area contributed by atoms with Crippen LogP contribution in [0, 0.1) is 11.3 Å². The minimum absolute atomic E-state index is 0.0149. The Hall–Kier alpha value is -0.570. The second-order valence-corrected chi connectivity index (χ2v) is 7.25. The van der Waals surface area contributed by atoms with Gasteiger partial charge in [0.2, 0.25) is 5.91 Å². The molecule has 0 radical (unpaired) electrons. The van der Waals surface area contributed by atoms with Crippen LogP contribution in [0.3, 0.4) is 0 Å². The Morgan fingerprint density at radius 1 is 1.26 bits per heavy atom. The van der Waals surface area contributed by atoms with E-state index in [0.29, 0.717) is 5.91 Å². The third-order valence-electron chi connectivity index (χ3n) is 4.98. The average molecular weight is 266 g/mol. The molecule has 0 aromatic heterocycles. The van der Waals surface area contributed by atoms with Gasteiger partial charge in [-0.3, -0.25) is 4.79 Å². The molecule has 1 atom stereocenters. The van der Waals surface area contributed by atoms with E-state index in [-0.39, 0.29) is 11.5 Å². The maximum atomic E-state index is 12.6. The van der Waals surface area contributed by atoms with Crippen LogP contribution in [0.25, 0.3) is 0 Å². The van der Waals surface area contributed by atoms with E-state index in [9.17, 15) is 4.79 Å². The highest BCUT2D eigenvalue weighted by atomic mass is 16.2. The molecule has 2 rings (SSSR count). The minimum Gasteiger partial charge on any atom is -0.341 e. The van der Waals surface area contributed by atoms with Crippen LogP contribution in [0.5, 0.6) is 0 Å². The predicted molar refractivity (Wildman–Crippen MR) is 79.0 cm³/mol. The van der Waals surface area contributed by atoms with E-state index >= 15 is 0 Å². The molecule has 0 aromatic rings. The zero-order valence-electron chi connectivity index (χ0n) is 12.9. The molecule has 1 saturated carbocycles. The summed E-state index contributed by atoms with van der Waals surface area (Å²) in [5.41, 5.74) is 0.269. The Balaban J connectivity index is 1.99. The van der Waals surface area contributed by atoms with E-state index in [0.717, 1.165) is 31.8 Å². The van der Waals surface area contributed by atoms with Crippen molar-refractivity contribution in [3.8, 4) is 0 Å². The van der Waals surface area contributed by atoms with Gasteiger partial charge in [-0.05, 0) is 44.1 Å². The normalized spacial score (nSPS) is 29.3. The second-order valence-electron chi connectivity index (χ2n) is 7.25. The number of nitrogens with one attached hydrogen (secondary N) is 1. The number of amides is 1. The van der Waals surface area contributed by atoms with Gasteiger partial charge in [0.1, 0.15) is 0 Å². The molecule has 2 fully saturated rings. The summed E-state index contributed by atoms with van der Waals surface area (Å²) in [5, 5.41) is 3.23. The van der Waals surface area contributed by atoms with E-state index in [1.54, 1.807) is 0 Å². The summed E-state index contributed by atoms with van der Waals surface area (Å²) in [4.78, 5) is 14.7. The lowest BCUT2D eigenvalue weighted by Crippen LogP contribution is -2.46. The summed E-state index contributed by atoms with van der Waals surface area (Å²) in [5.74, 6) is 1.08. The van der Waals surface area contributed by atoms with Crippen molar-refractivity contribution in [3.63, 3.8) is 0 Å². The first kappa shape index (κ1) is 14.8. The van der Waals surface area contributed by atoms with E-state index in [4.69, 9.17) is 0 Å². The number of likely N-dealkylation sites (tertiary alicyclic amines) is 1. The van der Waals surface area contributed by atoms with Gasteiger partial charge in [0.15, 0.2) is 0 Å². The van der Waals surface area contributed by atoms with Crippen LogP contribution in [0.15, 0.2) is 0 Å². The van der Waals surface area contributed by atoms with E-state index < -0.39 is 0 Å². The SMILES string of the molecule is CNC1CC(C)(C)CCN(CC2CCCCC2)C1=O. The highest BCUT2D eigenvalue weighted by Gasteiger charge is 2.35. The number of likely N-dealkylation sites (N-methyl/N-ethyl adjacent to an activating group) is 1. The molecule has 0 spiro atoms. The lowest BCUT2D eigenvalue weighted by atomic mass is 9.83.